The van der Waals surface area contributed by atoms with E-state index < -0.39 is 11.9 Å². The first-order valence-electron chi connectivity index (χ1n) is 7.03. The van der Waals surface area contributed by atoms with Gasteiger partial charge in [0.15, 0.2) is 0 Å². The van der Waals surface area contributed by atoms with Crippen molar-refractivity contribution < 1.29 is 24.2 Å². The van der Waals surface area contributed by atoms with Gasteiger partial charge < -0.3 is 25.3 Å². The third-order valence-electron chi connectivity index (χ3n) is 3.16. The van der Waals surface area contributed by atoms with Crippen LogP contribution in [0.4, 0.5) is 11.4 Å². The Kier molecular flexibility index (Phi) is 5.51. The van der Waals surface area contributed by atoms with E-state index in [-0.39, 0.29) is 18.0 Å². The van der Waals surface area contributed by atoms with Crippen molar-refractivity contribution >= 4 is 29.2 Å². The molecule has 0 bridgehead atoms. The summed E-state index contributed by atoms with van der Waals surface area (Å²) in [6.07, 6.45) is 0. The lowest BCUT2D eigenvalue weighted by Crippen LogP contribution is -2.23. The molecule has 24 heavy (non-hydrogen) atoms. The average Bonchev–Trinajstić information content (AvgIpc) is 2.60. The van der Waals surface area contributed by atoms with Crippen molar-refractivity contribution in [2.24, 2.45) is 0 Å². The van der Waals surface area contributed by atoms with Crippen molar-refractivity contribution in [2.75, 3.05) is 24.3 Å². The molecule has 7 nitrogen and oxygen atoms in total. The van der Waals surface area contributed by atoms with Gasteiger partial charge in [-0.25, -0.2) is 4.79 Å². The smallest absolute Gasteiger partial charge is 0.337 e. The maximum Gasteiger partial charge on any atom is 0.337 e. The number of carbonyl (C=O) groups is 3. The number of carbonyl (C=O) groups excluding carboxylic acids is 3. The lowest BCUT2D eigenvalue weighted by Gasteiger charge is -2.09. The zero-order chi connectivity index (χ0) is 17.5. The van der Waals surface area contributed by atoms with E-state index >= 15 is 0 Å². The fourth-order valence-corrected chi connectivity index (χ4v) is 1.92. The second-order valence-corrected chi connectivity index (χ2v) is 4.84. The molecule has 0 radical (unpaired) electrons. The molecule has 0 aliphatic rings. The number of hydrogen-bond acceptors (Lipinski definition) is 6. The summed E-state index contributed by atoms with van der Waals surface area (Å²) < 4.78 is 4.59. The Hall–Kier alpha value is -3.35. The summed E-state index contributed by atoms with van der Waals surface area (Å²) in [5.74, 6) is -1.99. The molecule has 0 fully saturated rings. The second-order valence-electron chi connectivity index (χ2n) is 4.84. The number of anilines is 2. The molecule has 0 aliphatic carbocycles. The monoisotopic (exact) mass is 327 g/mol. The Bertz CT molecular complexity index is 739. The molecule has 0 atom stereocenters. The van der Waals surface area contributed by atoms with E-state index in [2.05, 4.69) is 15.4 Å². The van der Waals surface area contributed by atoms with Crippen LogP contribution in [0.2, 0.25) is 0 Å². The number of nitrogens with one attached hydrogen (secondary N) is 2. The first kappa shape index (κ1) is 17.0. The maximum atomic E-state index is 11.9. The van der Waals surface area contributed by atoms with Crippen molar-refractivity contribution in [1.82, 2.24) is 0 Å². The van der Waals surface area contributed by atoms with E-state index in [9.17, 15) is 19.5 Å². The maximum absolute atomic E-state index is 11.9. The van der Waals surface area contributed by atoms with Crippen LogP contribution in [0, 0.1) is 0 Å². The molecule has 0 saturated carbocycles. The van der Waals surface area contributed by atoms with Crippen LogP contribution >= 0.6 is 0 Å². The number of ether oxygens (including phenoxy) is 1. The van der Waals surface area contributed by atoms with E-state index in [4.69, 9.17) is 0 Å². The summed E-state index contributed by atoms with van der Waals surface area (Å²) in [5, 5.41) is 16.2. The number of carboxylic acid groups (broad SMARTS) is 1. The minimum absolute atomic E-state index is 0.00339. The van der Waals surface area contributed by atoms with Crippen LogP contribution in [0.5, 0.6) is 0 Å². The average molecular weight is 327 g/mol. The van der Waals surface area contributed by atoms with Crippen LogP contribution < -0.4 is 15.7 Å². The molecule has 124 valence electrons. The lowest BCUT2D eigenvalue weighted by atomic mass is 10.2. The van der Waals surface area contributed by atoms with Gasteiger partial charge in [0.2, 0.25) is 5.91 Å². The lowest BCUT2D eigenvalue weighted by molar-refractivity contribution is -0.255. The minimum atomic E-state index is -1.25. The van der Waals surface area contributed by atoms with Gasteiger partial charge in [0.1, 0.15) is 0 Å². The van der Waals surface area contributed by atoms with E-state index in [1.807, 2.05) is 0 Å². The molecule has 2 aromatic rings. The fraction of sp³-hybridized carbons (Fsp3) is 0.118. The van der Waals surface area contributed by atoms with Gasteiger partial charge >= 0.3 is 5.97 Å². The predicted molar refractivity (Wildman–Crippen MR) is 85.7 cm³/mol. The highest BCUT2D eigenvalue weighted by atomic mass is 16.5. The highest BCUT2D eigenvalue weighted by Gasteiger charge is 2.06. The van der Waals surface area contributed by atoms with Gasteiger partial charge in [-0.2, -0.15) is 0 Å². The summed E-state index contributed by atoms with van der Waals surface area (Å²) in [6, 6.07) is 12.2. The first-order valence-corrected chi connectivity index (χ1v) is 7.03. The Morgan fingerprint density at radius 1 is 0.917 bits per heavy atom. The van der Waals surface area contributed by atoms with Gasteiger partial charge in [-0.1, -0.05) is 12.1 Å². The summed E-state index contributed by atoms with van der Waals surface area (Å²) in [6.45, 7) is 0.00339. The highest BCUT2D eigenvalue weighted by molar-refractivity contribution is 5.95. The van der Waals surface area contributed by atoms with Gasteiger partial charge in [-0.15, -0.1) is 0 Å². The zero-order valence-corrected chi connectivity index (χ0v) is 12.9. The first-order chi connectivity index (χ1) is 11.5. The number of benzene rings is 2. The van der Waals surface area contributed by atoms with Crippen LogP contribution in [-0.4, -0.2) is 31.5 Å². The number of methoxy groups -OCH3 is 1. The van der Waals surface area contributed by atoms with Crippen molar-refractivity contribution in [2.45, 2.75) is 0 Å². The molecule has 2 rings (SSSR count). The van der Waals surface area contributed by atoms with Gasteiger partial charge in [0, 0.05) is 11.4 Å². The standard InChI is InChI=1S/C17H16N2O5/c1-24-17(23)12-4-8-14(9-5-12)19-15(20)10-18-13-6-2-11(3-7-13)16(21)22/h2-9,18H,10H2,1H3,(H,19,20)(H,21,22)/p-1. The molecule has 1 amide bonds. The molecule has 2 aromatic carbocycles. The van der Waals surface area contributed by atoms with E-state index in [1.165, 1.54) is 19.2 Å². The number of carboxylic acids is 1. The normalized spacial score (nSPS) is 9.88. The van der Waals surface area contributed by atoms with Crippen LogP contribution in [0.25, 0.3) is 0 Å². The van der Waals surface area contributed by atoms with Crippen LogP contribution in [-0.2, 0) is 9.53 Å². The van der Waals surface area contributed by atoms with Crippen molar-refractivity contribution in [3.63, 3.8) is 0 Å². The van der Waals surface area contributed by atoms with Gasteiger partial charge in [0.05, 0.1) is 25.2 Å². The van der Waals surface area contributed by atoms with E-state index in [0.29, 0.717) is 16.9 Å². The molecule has 0 aromatic heterocycles. The quantitative estimate of drug-likeness (QED) is 0.763. The second kappa shape index (κ2) is 7.77. The van der Waals surface area contributed by atoms with Crippen LogP contribution in [0.1, 0.15) is 20.7 Å². The van der Waals surface area contributed by atoms with Crippen LogP contribution in [0.15, 0.2) is 48.5 Å². The van der Waals surface area contributed by atoms with E-state index in [1.54, 1.807) is 36.4 Å². The molecule has 0 heterocycles. The number of hydrogen-bond donors (Lipinski definition) is 2. The molecule has 2 N–H and O–H groups in total. The van der Waals surface area contributed by atoms with Gasteiger partial charge in [0.25, 0.3) is 0 Å². The number of rotatable bonds is 6. The number of aromatic carboxylic acids is 1. The van der Waals surface area contributed by atoms with Crippen molar-refractivity contribution in [3.8, 4) is 0 Å². The molecular formula is C17H15N2O5-. The van der Waals surface area contributed by atoms with Gasteiger partial charge in [-0.3, -0.25) is 4.79 Å². The Labute approximate surface area is 138 Å². The molecule has 0 saturated heterocycles. The molecule has 0 aliphatic heterocycles. The summed E-state index contributed by atoms with van der Waals surface area (Å²) in [5.41, 5.74) is 1.61. The SMILES string of the molecule is COC(=O)c1ccc(NC(=O)CNc2ccc(C(=O)[O-])cc2)cc1. The van der Waals surface area contributed by atoms with Gasteiger partial charge in [-0.05, 0) is 42.0 Å². The molecule has 7 heteroatoms. The van der Waals surface area contributed by atoms with Crippen LogP contribution in [0.3, 0.4) is 0 Å². The fourth-order valence-electron chi connectivity index (χ4n) is 1.92. The highest BCUT2D eigenvalue weighted by Crippen LogP contribution is 2.11. The Morgan fingerprint density at radius 2 is 1.46 bits per heavy atom. The molecule has 0 spiro atoms. The predicted octanol–water partition coefficient (Wildman–Crippen LogP) is 0.887. The Morgan fingerprint density at radius 3 is 2.00 bits per heavy atom. The summed E-state index contributed by atoms with van der Waals surface area (Å²) in [4.78, 5) is 33.8. The van der Waals surface area contributed by atoms with E-state index in [0.717, 1.165) is 0 Å². The Balaban J connectivity index is 1.86. The van der Waals surface area contributed by atoms with Crippen molar-refractivity contribution in [1.29, 1.82) is 0 Å². The minimum Gasteiger partial charge on any atom is -0.545 e. The molecular weight excluding hydrogens is 312 g/mol. The summed E-state index contributed by atoms with van der Waals surface area (Å²) >= 11 is 0. The largest absolute Gasteiger partial charge is 0.545 e. The third kappa shape index (κ3) is 4.57. The zero-order valence-electron chi connectivity index (χ0n) is 12.9. The number of esters is 1. The third-order valence-corrected chi connectivity index (χ3v) is 3.16. The summed E-state index contributed by atoms with van der Waals surface area (Å²) in [7, 11) is 1.29. The van der Waals surface area contributed by atoms with Crippen molar-refractivity contribution in [3.05, 3.63) is 59.7 Å². The topological polar surface area (TPSA) is 108 Å². The molecule has 0 unspecified atom stereocenters. The number of amides is 1.